The Kier molecular flexibility index (Phi) is 5.03. The molecule has 0 saturated heterocycles. The molecule has 0 bridgehead atoms. The molecule has 1 unspecified atom stereocenters. The lowest BCUT2D eigenvalue weighted by atomic mass is 9.91. The third-order valence-corrected chi connectivity index (χ3v) is 5.44. The van der Waals surface area contributed by atoms with Gasteiger partial charge in [-0.15, -0.1) is 0 Å². The molecule has 7 heteroatoms. The lowest BCUT2D eigenvalue weighted by molar-refractivity contribution is -0.258. The number of hydrogen-bond acceptors (Lipinski definition) is 2. The van der Waals surface area contributed by atoms with Gasteiger partial charge in [0.05, 0.1) is 0 Å². The highest BCUT2D eigenvalue weighted by Crippen LogP contribution is 2.39. The molecule has 0 heterocycles. The van der Waals surface area contributed by atoms with E-state index in [2.05, 4.69) is 0 Å². The summed E-state index contributed by atoms with van der Waals surface area (Å²) in [7, 11) is 0. The molecule has 0 radical (unpaired) electrons. The van der Waals surface area contributed by atoms with Crippen LogP contribution < -0.4 is 0 Å². The largest absolute Gasteiger partial charge is 0.421 e. The van der Waals surface area contributed by atoms with Crippen LogP contribution in [-0.4, -0.2) is 40.3 Å². The Labute approximate surface area is 150 Å². The van der Waals surface area contributed by atoms with Gasteiger partial charge in [0.1, 0.15) is 6.17 Å². The van der Waals surface area contributed by atoms with E-state index in [0.717, 1.165) is 25.0 Å². The molecule has 2 aliphatic rings. The summed E-state index contributed by atoms with van der Waals surface area (Å²) in [5, 5.41) is 9.73. The van der Waals surface area contributed by atoms with Crippen LogP contribution in [0.4, 0.5) is 17.6 Å². The van der Waals surface area contributed by atoms with Crippen molar-refractivity contribution >= 4 is 5.91 Å². The van der Waals surface area contributed by atoms with Gasteiger partial charge in [-0.25, -0.2) is 4.39 Å². The molecule has 1 N–H and O–H groups in total. The fourth-order valence-electron chi connectivity index (χ4n) is 3.55. The first kappa shape index (κ1) is 19.1. The van der Waals surface area contributed by atoms with Gasteiger partial charge in [-0.2, -0.15) is 13.2 Å². The first-order valence-electron chi connectivity index (χ1n) is 8.97. The average Bonchev–Trinajstić information content (AvgIpc) is 3.41. The lowest BCUT2D eigenvalue weighted by Gasteiger charge is -2.35. The van der Waals surface area contributed by atoms with Crippen molar-refractivity contribution in [1.29, 1.82) is 0 Å². The molecule has 1 aromatic rings. The van der Waals surface area contributed by atoms with Crippen LogP contribution >= 0.6 is 0 Å². The minimum absolute atomic E-state index is 0.0139. The highest BCUT2D eigenvalue weighted by atomic mass is 19.4. The Balaban J connectivity index is 1.78. The van der Waals surface area contributed by atoms with Gasteiger partial charge >= 0.3 is 6.18 Å². The first-order chi connectivity index (χ1) is 12.1. The van der Waals surface area contributed by atoms with Crippen LogP contribution in [-0.2, 0) is 5.60 Å². The van der Waals surface area contributed by atoms with Crippen LogP contribution in [0, 0.1) is 0 Å². The summed E-state index contributed by atoms with van der Waals surface area (Å²) in [6.45, 7) is 0.690. The normalized spacial score (nSPS) is 26.2. The molecule has 1 aromatic carbocycles. The number of carbonyl (C=O) groups excluding carboxylic acids is 1. The molecule has 144 valence electrons. The number of benzene rings is 1. The van der Waals surface area contributed by atoms with E-state index in [4.69, 9.17) is 0 Å². The fraction of sp³-hybridized carbons (Fsp3) is 0.632. The van der Waals surface area contributed by atoms with Gasteiger partial charge in [0, 0.05) is 17.6 Å². The van der Waals surface area contributed by atoms with E-state index < -0.39 is 17.9 Å². The minimum atomic E-state index is -4.80. The maximum Gasteiger partial charge on any atom is 0.421 e. The smallest absolute Gasteiger partial charge is 0.376 e. The van der Waals surface area contributed by atoms with Gasteiger partial charge in [-0.1, -0.05) is 12.1 Å². The lowest BCUT2D eigenvalue weighted by Crippen LogP contribution is -2.44. The molecule has 26 heavy (non-hydrogen) atoms. The van der Waals surface area contributed by atoms with E-state index in [1.807, 2.05) is 0 Å². The van der Waals surface area contributed by atoms with E-state index >= 15 is 0 Å². The number of aliphatic hydroxyl groups is 1. The van der Waals surface area contributed by atoms with Gasteiger partial charge < -0.3 is 10.0 Å². The molecule has 2 fully saturated rings. The maximum atomic E-state index is 13.4. The highest BCUT2D eigenvalue weighted by Gasteiger charge is 2.51. The number of alkyl halides is 4. The number of halogens is 4. The predicted octanol–water partition coefficient (Wildman–Crippen LogP) is 4.34. The van der Waals surface area contributed by atoms with Crippen molar-refractivity contribution in [3.8, 4) is 0 Å². The van der Waals surface area contributed by atoms with Crippen LogP contribution in [0.1, 0.15) is 61.4 Å². The Morgan fingerprint density at radius 1 is 1.00 bits per heavy atom. The number of hydrogen-bond donors (Lipinski definition) is 1. The van der Waals surface area contributed by atoms with Crippen LogP contribution in [0.2, 0.25) is 0 Å². The van der Waals surface area contributed by atoms with Crippen LogP contribution in [0.3, 0.4) is 0 Å². The SMILES string of the molecule is CC(O)(c1ccc(C(=O)N(C2CCC(F)CC2)C2CC2)cc1)C(F)(F)F. The zero-order valence-electron chi connectivity index (χ0n) is 14.6. The van der Waals surface area contributed by atoms with Crippen molar-refractivity contribution in [2.75, 3.05) is 0 Å². The molecule has 3 nitrogen and oxygen atoms in total. The highest BCUT2D eigenvalue weighted by molar-refractivity contribution is 5.95. The monoisotopic (exact) mass is 373 g/mol. The summed E-state index contributed by atoms with van der Waals surface area (Å²) in [5.74, 6) is -0.229. The molecule has 2 aliphatic carbocycles. The number of amides is 1. The number of rotatable bonds is 4. The van der Waals surface area contributed by atoms with Crippen LogP contribution in [0.5, 0.6) is 0 Å². The number of nitrogens with zero attached hydrogens (tertiary/aromatic N) is 1. The second-order valence-electron chi connectivity index (χ2n) is 7.50. The molecule has 3 rings (SSSR count). The summed E-state index contributed by atoms with van der Waals surface area (Å²) in [6.07, 6.45) is -1.70. The van der Waals surface area contributed by atoms with Crippen molar-refractivity contribution in [1.82, 2.24) is 4.90 Å². The van der Waals surface area contributed by atoms with Crippen molar-refractivity contribution < 1.29 is 27.5 Å². The van der Waals surface area contributed by atoms with E-state index in [-0.39, 0.29) is 23.6 Å². The zero-order chi connectivity index (χ0) is 19.1. The van der Waals surface area contributed by atoms with Crippen molar-refractivity contribution in [2.24, 2.45) is 0 Å². The summed E-state index contributed by atoms with van der Waals surface area (Å²) in [6, 6.07) is 5.07. The Morgan fingerprint density at radius 3 is 1.88 bits per heavy atom. The van der Waals surface area contributed by atoms with Crippen molar-refractivity contribution in [2.45, 2.75) is 75.5 Å². The van der Waals surface area contributed by atoms with Crippen molar-refractivity contribution in [3.05, 3.63) is 35.4 Å². The van der Waals surface area contributed by atoms with E-state index in [1.54, 1.807) is 4.90 Å². The third-order valence-electron chi connectivity index (χ3n) is 5.44. The van der Waals surface area contributed by atoms with Crippen molar-refractivity contribution in [3.63, 3.8) is 0 Å². The van der Waals surface area contributed by atoms with Gasteiger partial charge in [0.2, 0.25) is 0 Å². The zero-order valence-corrected chi connectivity index (χ0v) is 14.6. The fourth-order valence-corrected chi connectivity index (χ4v) is 3.55. The average molecular weight is 373 g/mol. The molecule has 0 aromatic heterocycles. The van der Waals surface area contributed by atoms with Gasteiger partial charge in [0.15, 0.2) is 5.60 Å². The molecule has 1 amide bonds. The molecular formula is C19H23F4NO2. The third kappa shape index (κ3) is 3.72. The summed E-state index contributed by atoms with van der Waals surface area (Å²) in [4.78, 5) is 14.7. The van der Waals surface area contributed by atoms with Crippen LogP contribution in [0.15, 0.2) is 24.3 Å². The summed E-state index contributed by atoms with van der Waals surface area (Å²) < 4.78 is 52.2. The molecule has 2 saturated carbocycles. The quantitative estimate of drug-likeness (QED) is 0.798. The van der Waals surface area contributed by atoms with E-state index in [1.165, 1.54) is 12.1 Å². The Morgan fingerprint density at radius 2 is 1.46 bits per heavy atom. The molecule has 1 atom stereocenters. The summed E-state index contributed by atoms with van der Waals surface area (Å²) in [5.41, 5.74) is -2.98. The van der Waals surface area contributed by atoms with Crippen LogP contribution in [0.25, 0.3) is 0 Å². The van der Waals surface area contributed by atoms with E-state index in [9.17, 15) is 27.5 Å². The second-order valence-corrected chi connectivity index (χ2v) is 7.50. The van der Waals surface area contributed by atoms with Gasteiger partial charge in [-0.3, -0.25) is 4.79 Å². The minimum Gasteiger partial charge on any atom is -0.376 e. The molecule has 0 spiro atoms. The summed E-state index contributed by atoms with van der Waals surface area (Å²) >= 11 is 0. The van der Waals surface area contributed by atoms with Gasteiger partial charge in [0.25, 0.3) is 5.91 Å². The maximum absolute atomic E-state index is 13.4. The molecule has 0 aliphatic heterocycles. The van der Waals surface area contributed by atoms with Gasteiger partial charge in [-0.05, 0) is 63.1 Å². The Bertz CT molecular complexity index is 644. The number of carbonyl (C=O) groups is 1. The predicted molar refractivity (Wildman–Crippen MR) is 88.4 cm³/mol. The standard InChI is InChI=1S/C19H23F4NO2/c1-18(26,19(21,22)23)13-4-2-12(3-5-13)17(25)24(16-10-11-16)15-8-6-14(20)7-9-15/h2-5,14-16,26H,6-11H2,1H3. The second kappa shape index (κ2) is 6.83. The topological polar surface area (TPSA) is 40.5 Å². The Hall–Kier alpha value is -1.63. The first-order valence-corrected chi connectivity index (χ1v) is 8.97. The van der Waals surface area contributed by atoms with E-state index in [0.29, 0.717) is 38.2 Å². The molecular weight excluding hydrogens is 350 g/mol.